The molecule has 164 valence electrons. The van der Waals surface area contributed by atoms with E-state index < -0.39 is 17.7 Å². The Morgan fingerprint density at radius 2 is 1.90 bits per heavy atom. The van der Waals surface area contributed by atoms with Gasteiger partial charge in [-0.05, 0) is 63.2 Å². The summed E-state index contributed by atoms with van der Waals surface area (Å²) >= 11 is 0. The highest BCUT2D eigenvalue weighted by atomic mass is 16.3. The fourth-order valence-corrected chi connectivity index (χ4v) is 4.14. The average Bonchev–Trinajstić information content (AvgIpc) is 3.03. The first kappa shape index (κ1) is 22.7. The van der Waals surface area contributed by atoms with Crippen LogP contribution in [0.4, 0.5) is 0 Å². The lowest BCUT2D eigenvalue weighted by Gasteiger charge is -2.26. The molecule has 2 aromatic rings. The van der Waals surface area contributed by atoms with E-state index in [1.807, 2.05) is 38.1 Å². The van der Waals surface area contributed by atoms with E-state index in [2.05, 4.69) is 23.7 Å². The third-order valence-electron chi connectivity index (χ3n) is 5.96. The zero-order chi connectivity index (χ0) is 22.5. The second-order valence-corrected chi connectivity index (χ2v) is 7.98. The fourth-order valence-electron chi connectivity index (χ4n) is 4.14. The van der Waals surface area contributed by atoms with Gasteiger partial charge in [-0.15, -0.1) is 0 Å². The lowest BCUT2D eigenvalue weighted by molar-refractivity contribution is -0.140. The molecule has 2 heterocycles. The SMILES string of the molecule is CCN(CC)CCCN1C(=O)C(=O)/C(=C(/O)c2cc(C)ccc2C)[C@H]1c1cccnc1. The van der Waals surface area contributed by atoms with Gasteiger partial charge in [-0.1, -0.05) is 37.6 Å². The van der Waals surface area contributed by atoms with Crippen LogP contribution in [0.5, 0.6) is 0 Å². The van der Waals surface area contributed by atoms with Crippen LogP contribution in [0, 0.1) is 13.8 Å². The quantitative estimate of drug-likeness (QED) is 0.398. The molecule has 0 saturated carbocycles. The van der Waals surface area contributed by atoms with Crippen LogP contribution in [-0.4, -0.2) is 57.8 Å². The number of rotatable bonds is 8. The van der Waals surface area contributed by atoms with Gasteiger partial charge in [0.05, 0.1) is 11.6 Å². The zero-order valence-corrected chi connectivity index (χ0v) is 18.8. The number of hydrogen-bond donors (Lipinski definition) is 1. The van der Waals surface area contributed by atoms with E-state index in [1.165, 1.54) is 0 Å². The maximum Gasteiger partial charge on any atom is 0.295 e. The van der Waals surface area contributed by atoms with Crippen molar-refractivity contribution in [3.05, 3.63) is 70.6 Å². The molecular formula is C25H31N3O3. The van der Waals surface area contributed by atoms with E-state index in [0.717, 1.165) is 42.7 Å². The van der Waals surface area contributed by atoms with Crippen molar-refractivity contribution in [3.8, 4) is 0 Å². The van der Waals surface area contributed by atoms with Crippen molar-refractivity contribution in [1.29, 1.82) is 0 Å². The molecule has 0 spiro atoms. The molecule has 3 rings (SSSR count). The first-order valence-corrected chi connectivity index (χ1v) is 10.9. The van der Waals surface area contributed by atoms with Crippen LogP contribution in [0.2, 0.25) is 0 Å². The Bertz CT molecular complexity index is 981. The summed E-state index contributed by atoms with van der Waals surface area (Å²) in [7, 11) is 0. The van der Waals surface area contributed by atoms with Gasteiger partial charge >= 0.3 is 0 Å². The van der Waals surface area contributed by atoms with Crippen LogP contribution in [0.3, 0.4) is 0 Å². The maximum atomic E-state index is 13.1. The standard InChI is InChI=1S/C25H31N3O3/c1-5-27(6-2)13-8-14-28-22(19-9-7-12-26-16-19)21(24(30)25(28)31)23(29)20-15-17(3)10-11-18(20)4/h7,9-12,15-16,22,29H,5-6,8,13-14H2,1-4H3/b23-21+/t22-/m1/s1. The number of pyridine rings is 1. The molecule has 6 nitrogen and oxygen atoms in total. The van der Waals surface area contributed by atoms with Crippen LogP contribution < -0.4 is 0 Å². The van der Waals surface area contributed by atoms with E-state index in [-0.39, 0.29) is 11.3 Å². The van der Waals surface area contributed by atoms with Crippen molar-refractivity contribution in [2.75, 3.05) is 26.2 Å². The van der Waals surface area contributed by atoms with E-state index in [0.29, 0.717) is 12.1 Å². The van der Waals surface area contributed by atoms with E-state index >= 15 is 0 Å². The van der Waals surface area contributed by atoms with Crippen LogP contribution in [-0.2, 0) is 9.59 Å². The van der Waals surface area contributed by atoms with Crippen molar-refractivity contribution in [1.82, 2.24) is 14.8 Å². The topological polar surface area (TPSA) is 73.7 Å². The smallest absolute Gasteiger partial charge is 0.295 e. The van der Waals surface area contributed by atoms with Gasteiger partial charge in [-0.25, -0.2) is 0 Å². The van der Waals surface area contributed by atoms with Gasteiger partial charge in [0.25, 0.3) is 11.7 Å². The predicted octanol–water partition coefficient (Wildman–Crippen LogP) is 3.85. The molecule has 1 aliphatic rings. The zero-order valence-electron chi connectivity index (χ0n) is 18.8. The monoisotopic (exact) mass is 421 g/mol. The van der Waals surface area contributed by atoms with E-state index in [4.69, 9.17) is 0 Å². The molecule has 1 aliphatic heterocycles. The Balaban J connectivity index is 2.04. The van der Waals surface area contributed by atoms with Gasteiger partial charge in [-0.2, -0.15) is 0 Å². The number of aromatic nitrogens is 1. The summed E-state index contributed by atoms with van der Waals surface area (Å²) in [6, 6.07) is 8.68. The second kappa shape index (κ2) is 9.88. The minimum absolute atomic E-state index is 0.125. The van der Waals surface area contributed by atoms with Gasteiger partial charge < -0.3 is 14.9 Å². The van der Waals surface area contributed by atoms with Gasteiger partial charge in [0.2, 0.25) is 0 Å². The Labute approximate surface area is 184 Å². The number of benzene rings is 1. The number of ketones is 1. The van der Waals surface area contributed by atoms with Crippen LogP contribution >= 0.6 is 0 Å². The van der Waals surface area contributed by atoms with Crippen molar-refractivity contribution < 1.29 is 14.7 Å². The molecule has 1 amide bonds. The third kappa shape index (κ3) is 4.69. The summed E-state index contributed by atoms with van der Waals surface area (Å²) in [5, 5.41) is 11.2. The van der Waals surface area contributed by atoms with Crippen LogP contribution in [0.15, 0.2) is 48.3 Å². The molecule has 0 unspecified atom stereocenters. The van der Waals surface area contributed by atoms with Gasteiger partial charge in [0.1, 0.15) is 5.76 Å². The highest BCUT2D eigenvalue weighted by molar-refractivity contribution is 6.46. The Morgan fingerprint density at radius 1 is 1.16 bits per heavy atom. The minimum atomic E-state index is -0.648. The number of hydrogen-bond acceptors (Lipinski definition) is 5. The van der Waals surface area contributed by atoms with E-state index in [1.54, 1.807) is 23.4 Å². The summed E-state index contributed by atoms with van der Waals surface area (Å²) in [4.78, 5) is 34.1. The number of carbonyl (C=O) groups excluding carboxylic acids is 2. The van der Waals surface area contributed by atoms with Gasteiger partial charge in [0, 0.05) is 24.5 Å². The Kier molecular flexibility index (Phi) is 7.23. The number of nitrogens with zero attached hydrogens (tertiary/aromatic N) is 3. The number of Topliss-reactive ketones (excluding diaryl/α,β-unsaturated/α-hetero) is 1. The second-order valence-electron chi connectivity index (χ2n) is 7.98. The molecule has 1 saturated heterocycles. The van der Waals surface area contributed by atoms with Gasteiger partial charge in [-0.3, -0.25) is 14.6 Å². The van der Waals surface area contributed by atoms with Crippen LogP contribution in [0.25, 0.3) is 5.76 Å². The largest absolute Gasteiger partial charge is 0.507 e. The first-order valence-electron chi connectivity index (χ1n) is 10.9. The molecule has 1 aromatic heterocycles. The molecule has 1 atom stereocenters. The number of likely N-dealkylation sites (tertiary alicyclic amines) is 1. The van der Waals surface area contributed by atoms with Crippen molar-refractivity contribution in [3.63, 3.8) is 0 Å². The number of amides is 1. The molecule has 1 fully saturated rings. The van der Waals surface area contributed by atoms with Crippen molar-refractivity contribution >= 4 is 17.4 Å². The summed E-state index contributed by atoms with van der Waals surface area (Å²) in [6.07, 6.45) is 4.06. The highest BCUT2D eigenvalue weighted by Crippen LogP contribution is 2.39. The normalized spacial score (nSPS) is 18.2. The van der Waals surface area contributed by atoms with Crippen LogP contribution in [0.1, 0.15) is 48.6 Å². The average molecular weight is 422 g/mol. The van der Waals surface area contributed by atoms with Crippen molar-refractivity contribution in [2.45, 2.75) is 40.2 Å². The molecule has 0 radical (unpaired) electrons. The summed E-state index contributed by atoms with van der Waals surface area (Å²) < 4.78 is 0. The molecule has 31 heavy (non-hydrogen) atoms. The molecule has 1 aromatic carbocycles. The third-order valence-corrected chi connectivity index (χ3v) is 5.96. The lowest BCUT2D eigenvalue weighted by Crippen LogP contribution is -2.33. The summed E-state index contributed by atoms with van der Waals surface area (Å²) in [5.41, 5.74) is 3.25. The molecule has 6 heteroatoms. The van der Waals surface area contributed by atoms with Crippen molar-refractivity contribution in [2.24, 2.45) is 0 Å². The van der Waals surface area contributed by atoms with Gasteiger partial charge in [0.15, 0.2) is 0 Å². The Morgan fingerprint density at radius 3 is 2.55 bits per heavy atom. The lowest BCUT2D eigenvalue weighted by atomic mass is 9.94. The number of aliphatic hydroxyl groups excluding tert-OH is 1. The molecule has 1 N–H and O–H groups in total. The first-order chi connectivity index (χ1) is 14.9. The molecule has 0 aliphatic carbocycles. The number of carbonyl (C=O) groups is 2. The summed E-state index contributed by atoms with van der Waals surface area (Å²) in [6.45, 7) is 11.2. The Hall–Kier alpha value is -2.99. The predicted molar refractivity (Wildman–Crippen MR) is 122 cm³/mol. The minimum Gasteiger partial charge on any atom is -0.507 e. The maximum absolute atomic E-state index is 13.1. The summed E-state index contributed by atoms with van der Waals surface area (Å²) in [5.74, 6) is -1.34. The van der Waals surface area contributed by atoms with E-state index in [9.17, 15) is 14.7 Å². The number of aliphatic hydroxyl groups is 1. The molecular weight excluding hydrogens is 390 g/mol. The fraction of sp³-hybridized carbons (Fsp3) is 0.400. The number of aryl methyl sites for hydroxylation is 2. The molecule has 0 bridgehead atoms. The highest BCUT2D eigenvalue weighted by Gasteiger charge is 2.46.